The van der Waals surface area contributed by atoms with Crippen LogP contribution in [0.15, 0.2) is 24.3 Å². The number of benzene rings is 1. The van der Waals surface area contributed by atoms with E-state index in [-0.39, 0.29) is 5.92 Å². The Labute approximate surface area is 134 Å². The zero-order valence-electron chi connectivity index (χ0n) is 13.2. The molecule has 0 heterocycles. The molecule has 1 fully saturated rings. The highest BCUT2D eigenvalue weighted by atomic mass is 19.3. The van der Waals surface area contributed by atoms with Crippen molar-refractivity contribution in [1.29, 1.82) is 0 Å². The van der Waals surface area contributed by atoms with Crippen molar-refractivity contribution >= 4 is 0 Å². The van der Waals surface area contributed by atoms with Crippen molar-refractivity contribution in [3.63, 3.8) is 0 Å². The van der Waals surface area contributed by atoms with E-state index in [1.54, 1.807) is 0 Å². The fraction of sp³-hybridized carbons (Fsp3) is 0.556. The highest BCUT2D eigenvalue weighted by Gasteiger charge is 2.25. The molecule has 1 aromatic carbocycles. The summed E-state index contributed by atoms with van der Waals surface area (Å²) in [7, 11) is 0. The molecule has 23 heavy (non-hydrogen) atoms. The number of hydrogen-bond donors (Lipinski definition) is 0. The molecule has 128 valence electrons. The summed E-state index contributed by atoms with van der Waals surface area (Å²) in [5.41, 5.74) is 0.536. The zero-order chi connectivity index (χ0) is 16.8. The molecule has 1 aliphatic carbocycles. The Balaban J connectivity index is 1.98. The second-order valence-electron chi connectivity index (χ2n) is 6.06. The monoisotopic (exact) mass is 330 g/mol. The first kappa shape index (κ1) is 17.8. The Morgan fingerprint density at radius 3 is 2.26 bits per heavy atom. The van der Waals surface area contributed by atoms with Crippen molar-refractivity contribution in [3.8, 4) is 5.75 Å². The van der Waals surface area contributed by atoms with Crippen LogP contribution in [0.1, 0.15) is 56.9 Å². The molecule has 0 aliphatic heterocycles. The Hall–Kier alpha value is -1.52. The van der Waals surface area contributed by atoms with E-state index in [2.05, 4.69) is 10.8 Å². The SMILES string of the molecule is C/C=C/CCC1CCC(c2cc(F)c(OC(F)F)c(F)c2)CC1. The zero-order valence-corrected chi connectivity index (χ0v) is 13.2. The van der Waals surface area contributed by atoms with Crippen molar-refractivity contribution in [3.05, 3.63) is 41.5 Å². The van der Waals surface area contributed by atoms with Crippen molar-refractivity contribution in [2.45, 2.75) is 58.0 Å². The molecule has 1 aromatic rings. The van der Waals surface area contributed by atoms with E-state index in [9.17, 15) is 17.6 Å². The minimum absolute atomic E-state index is 0.0811. The summed E-state index contributed by atoms with van der Waals surface area (Å²) in [6.07, 6.45) is 10.2. The third-order valence-electron chi connectivity index (χ3n) is 4.52. The molecule has 1 saturated carbocycles. The van der Waals surface area contributed by atoms with E-state index in [0.717, 1.165) is 50.7 Å². The largest absolute Gasteiger partial charge is 0.429 e. The van der Waals surface area contributed by atoms with Crippen LogP contribution in [0.5, 0.6) is 5.75 Å². The number of ether oxygens (including phenoxy) is 1. The average Bonchev–Trinajstić information content (AvgIpc) is 2.51. The lowest BCUT2D eigenvalue weighted by Gasteiger charge is -2.28. The Morgan fingerprint density at radius 1 is 1.13 bits per heavy atom. The molecule has 0 spiro atoms. The van der Waals surface area contributed by atoms with Crippen LogP contribution in [-0.4, -0.2) is 6.61 Å². The van der Waals surface area contributed by atoms with E-state index in [1.165, 1.54) is 0 Å². The maximum absolute atomic E-state index is 13.8. The third-order valence-corrected chi connectivity index (χ3v) is 4.52. The van der Waals surface area contributed by atoms with Gasteiger partial charge in [-0.15, -0.1) is 0 Å². The van der Waals surface area contributed by atoms with Gasteiger partial charge in [-0.3, -0.25) is 0 Å². The van der Waals surface area contributed by atoms with E-state index in [1.807, 2.05) is 13.0 Å². The predicted molar refractivity (Wildman–Crippen MR) is 81.7 cm³/mol. The number of allylic oxidation sites excluding steroid dienone is 2. The molecule has 0 N–H and O–H groups in total. The molecular formula is C18H22F4O. The number of hydrogen-bond acceptors (Lipinski definition) is 1. The van der Waals surface area contributed by atoms with Gasteiger partial charge < -0.3 is 4.74 Å². The van der Waals surface area contributed by atoms with Crippen LogP contribution in [0.2, 0.25) is 0 Å². The molecule has 2 rings (SSSR count). The predicted octanol–water partition coefficient (Wildman–Crippen LogP) is 6.20. The molecule has 0 bridgehead atoms. The lowest BCUT2D eigenvalue weighted by Crippen LogP contribution is -2.14. The Kier molecular flexibility index (Phi) is 6.48. The van der Waals surface area contributed by atoms with Crippen LogP contribution in [-0.2, 0) is 0 Å². The summed E-state index contributed by atoms with van der Waals surface area (Å²) in [6, 6.07) is 2.26. The van der Waals surface area contributed by atoms with Gasteiger partial charge in [0.2, 0.25) is 0 Å². The molecule has 0 atom stereocenters. The normalized spacial score (nSPS) is 22.0. The van der Waals surface area contributed by atoms with Gasteiger partial charge in [0.05, 0.1) is 0 Å². The standard InChI is InChI=1S/C18H22F4O/c1-2-3-4-5-12-6-8-13(9-7-12)14-10-15(19)17(16(20)11-14)23-18(21)22/h2-3,10-13,18H,4-9H2,1H3/b3-2+. The quantitative estimate of drug-likeness (QED) is 0.446. The van der Waals surface area contributed by atoms with Crippen LogP contribution in [0.3, 0.4) is 0 Å². The van der Waals surface area contributed by atoms with Crippen molar-refractivity contribution in [2.24, 2.45) is 5.92 Å². The first-order chi connectivity index (χ1) is 11.0. The van der Waals surface area contributed by atoms with Gasteiger partial charge in [-0.25, -0.2) is 8.78 Å². The molecule has 0 aromatic heterocycles. The summed E-state index contributed by atoms with van der Waals surface area (Å²) in [5, 5.41) is 0. The molecule has 0 amide bonds. The molecule has 0 saturated heterocycles. The van der Waals surface area contributed by atoms with Crippen molar-refractivity contribution in [2.75, 3.05) is 0 Å². The van der Waals surface area contributed by atoms with Crippen LogP contribution in [0.25, 0.3) is 0 Å². The van der Waals surface area contributed by atoms with Gasteiger partial charge in [-0.2, -0.15) is 8.78 Å². The van der Waals surface area contributed by atoms with E-state index >= 15 is 0 Å². The van der Waals surface area contributed by atoms with Crippen LogP contribution in [0.4, 0.5) is 17.6 Å². The lowest BCUT2D eigenvalue weighted by molar-refractivity contribution is -0.0546. The molecular weight excluding hydrogens is 308 g/mol. The van der Waals surface area contributed by atoms with Gasteiger partial charge in [0.1, 0.15) is 0 Å². The Bertz CT molecular complexity index is 511. The molecule has 0 radical (unpaired) electrons. The smallest absolute Gasteiger partial charge is 0.387 e. The topological polar surface area (TPSA) is 9.23 Å². The highest BCUT2D eigenvalue weighted by Crippen LogP contribution is 2.39. The minimum Gasteiger partial charge on any atom is -0.429 e. The highest BCUT2D eigenvalue weighted by molar-refractivity contribution is 5.33. The van der Waals surface area contributed by atoms with Gasteiger partial charge >= 0.3 is 6.61 Å². The van der Waals surface area contributed by atoms with E-state index in [4.69, 9.17) is 0 Å². The summed E-state index contributed by atoms with van der Waals surface area (Å²) in [6.45, 7) is -1.24. The fourth-order valence-corrected chi connectivity index (χ4v) is 3.30. The van der Waals surface area contributed by atoms with Crippen LogP contribution < -0.4 is 4.74 Å². The molecule has 0 unspecified atom stereocenters. The molecule has 5 heteroatoms. The number of alkyl halides is 2. The fourth-order valence-electron chi connectivity index (χ4n) is 3.30. The molecule has 1 aliphatic rings. The van der Waals surface area contributed by atoms with Gasteiger partial charge in [0.15, 0.2) is 17.4 Å². The summed E-state index contributed by atoms with van der Waals surface area (Å²) in [5.74, 6) is -2.38. The minimum atomic E-state index is -3.24. The Morgan fingerprint density at radius 2 is 1.74 bits per heavy atom. The van der Waals surface area contributed by atoms with Gasteiger partial charge in [0, 0.05) is 0 Å². The maximum Gasteiger partial charge on any atom is 0.387 e. The average molecular weight is 330 g/mol. The van der Waals surface area contributed by atoms with Crippen molar-refractivity contribution in [1.82, 2.24) is 0 Å². The third kappa shape index (κ3) is 4.98. The van der Waals surface area contributed by atoms with Crippen molar-refractivity contribution < 1.29 is 22.3 Å². The first-order valence-corrected chi connectivity index (χ1v) is 8.06. The maximum atomic E-state index is 13.8. The van der Waals surface area contributed by atoms with Gasteiger partial charge in [0.25, 0.3) is 0 Å². The van der Waals surface area contributed by atoms with Crippen LogP contribution in [0, 0.1) is 17.6 Å². The lowest BCUT2D eigenvalue weighted by atomic mass is 9.77. The summed E-state index contributed by atoms with van der Waals surface area (Å²) in [4.78, 5) is 0. The van der Waals surface area contributed by atoms with Crippen LogP contribution >= 0.6 is 0 Å². The van der Waals surface area contributed by atoms with E-state index in [0.29, 0.717) is 11.5 Å². The first-order valence-electron chi connectivity index (χ1n) is 8.06. The second kappa shape index (κ2) is 8.37. The van der Waals surface area contributed by atoms with Gasteiger partial charge in [-0.05, 0) is 75.0 Å². The number of halogens is 4. The summed E-state index contributed by atoms with van der Waals surface area (Å²) >= 11 is 0. The van der Waals surface area contributed by atoms with Gasteiger partial charge in [-0.1, -0.05) is 12.2 Å². The van der Waals surface area contributed by atoms with E-state index < -0.39 is 24.0 Å². The number of rotatable bonds is 6. The molecule has 1 nitrogen and oxygen atoms in total. The summed E-state index contributed by atoms with van der Waals surface area (Å²) < 4.78 is 55.8. The second-order valence-corrected chi connectivity index (χ2v) is 6.06.